The van der Waals surface area contributed by atoms with Crippen LogP contribution in [0.4, 0.5) is 5.69 Å². The lowest BCUT2D eigenvalue weighted by molar-refractivity contribution is -0.138. The van der Waals surface area contributed by atoms with Crippen LogP contribution in [0.1, 0.15) is 0 Å². The third-order valence-electron chi connectivity index (χ3n) is 2.32. The Morgan fingerprint density at radius 2 is 2.05 bits per heavy atom. The molecule has 0 saturated heterocycles. The molecule has 0 aromatic heterocycles. The molecule has 1 rings (SSSR count). The van der Waals surface area contributed by atoms with Gasteiger partial charge in [-0.25, -0.2) is 0 Å². The predicted molar refractivity (Wildman–Crippen MR) is 79.4 cm³/mol. The number of benzene rings is 1. The Hall–Kier alpha value is -1.56. The first-order valence-corrected chi connectivity index (χ1v) is 6.48. The van der Waals surface area contributed by atoms with Gasteiger partial charge in [0, 0.05) is 11.6 Å². The van der Waals surface area contributed by atoms with Crippen molar-refractivity contribution in [2.45, 2.75) is 0 Å². The monoisotopic (exact) mass is 316 g/mol. The standard InChI is InChI=1S/C13H14Cl2N2O3/c1-2-5-17(8-13(19)20)7-12(18)16-11-6-9(14)3-4-10(11)15/h2-4,6H,1,5,7-8H2,(H,16,18)(H,19,20). The molecule has 5 nitrogen and oxygen atoms in total. The molecule has 0 aliphatic carbocycles. The lowest BCUT2D eigenvalue weighted by Gasteiger charge is -2.18. The van der Waals surface area contributed by atoms with Crippen LogP contribution in [0.5, 0.6) is 0 Å². The maximum atomic E-state index is 11.9. The number of anilines is 1. The van der Waals surface area contributed by atoms with Crippen LogP contribution in [0.2, 0.25) is 10.0 Å². The summed E-state index contributed by atoms with van der Waals surface area (Å²) in [5.74, 6) is -1.39. The van der Waals surface area contributed by atoms with Gasteiger partial charge in [-0.15, -0.1) is 6.58 Å². The third-order valence-corrected chi connectivity index (χ3v) is 2.88. The summed E-state index contributed by atoms with van der Waals surface area (Å²) < 4.78 is 0. The minimum atomic E-state index is -1.01. The lowest BCUT2D eigenvalue weighted by atomic mass is 10.3. The van der Waals surface area contributed by atoms with Crippen LogP contribution in [0.3, 0.4) is 0 Å². The van der Waals surface area contributed by atoms with Crippen molar-refractivity contribution in [1.29, 1.82) is 0 Å². The zero-order valence-electron chi connectivity index (χ0n) is 10.6. The Morgan fingerprint density at radius 3 is 2.65 bits per heavy atom. The van der Waals surface area contributed by atoms with Crippen molar-refractivity contribution in [2.75, 3.05) is 25.0 Å². The molecular formula is C13H14Cl2N2O3. The first kappa shape index (κ1) is 16.5. The first-order valence-electron chi connectivity index (χ1n) is 5.72. The van der Waals surface area contributed by atoms with E-state index in [1.807, 2.05) is 0 Å². The maximum absolute atomic E-state index is 11.9. The lowest BCUT2D eigenvalue weighted by Crippen LogP contribution is -2.37. The quantitative estimate of drug-likeness (QED) is 0.758. The van der Waals surface area contributed by atoms with Crippen molar-refractivity contribution in [3.8, 4) is 0 Å². The van der Waals surface area contributed by atoms with Crippen molar-refractivity contribution in [3.05, 3.63) is 40.9 Å². The second-order valence-corrected chi connectivity index (χ2v) is 4.87. The minimum Gasteiger partial charge on any atom is -0.480 e. The number of carbonyl (C=O) groups is 2. The van der Waals surface area contributed by atoms with E-state index in [1.54, 1.807) is 12.1 Å². The SMILES string of the molecule is C=CCN(CC(=O)O)CC(=O)Nc1cc(Cl)ccc1Cl. The molecule has 108 valence electrons. The van der Waals surface area contributed by atoms with E-state index in [4.69, 9.17) is 28.3 Å². The van der Waals surface area contributed by atoms with Crippen molar-refractivity contribution < 1.29 is 14.7 Å². The van der Waals surface area contributed by atoms with Gasteiger partial charge < -0.3 is 10.4 Å². The zero-order valence-corrected chi connectivity index (χ0v) is 12.1. The van der Waals surface area contributed by atoms with E-state index in [-0.39, 0.29) is 19.0 Å². The number of hydrogen-bond acceptors (Lipinski definition) is 3. The fourth-order valence-electron chi connectivity index (χ4n) is 1.54. The van der Waals surface area contributed by atoms with E-state index in [1.165, 1.54) is 17.0 Å². The Kier molecular flexibility index (Phi) is 6.51. The van der Waals surface area contributed by atoms with E-state index in [2.05, 4.69) is 11.9 Å². The van der Waals surface area contributed by atoms with Crippen LogP contribution in [-0.4, -0.2) is 41.5 Å². The summed E-state index contributed by atoms with van der Waals surface area (Å²) >= 11 is 11.7. The summed E-state index contributed by atoms with van der Waals surface area (Å²) in [6, 6.07) is 4.70. The number of amides is 1. The summed E-state index contributed by atoms with van der Waals surface area (Å²) in [6.07, 6.45) is 1.53. The number of nitrogens with one attached hydrogen (secondary N) is 1. The molecule has 1 aromatic carbocycles. The largest absolute Gasteiger partial charge is 0.480 e. The van der Waals surface area contributed by atoms with Crippen LogP contribution in [-0.2, 0) is 9.59 Å². The molecule has 0 atom stereocenters. The predicted octanol–water partition coefficient (Wildman–Crippen LogP) is 2.50. The molecule has 0 heterocycles. The summed E-state index contributed by atoms with van der Waals surface area (Å²) in [7, 11) is 0. The van der Waals surface area contributed by atoms with Crippen LogP contribution in [0.25, 0.3) is 0 Å². The molecule has 1 amide bonds. The van der Waals surface area contributed by atoms with E-state index in [0.29, 0.717) is 22.3 Å². The molecule has 20 heavy (non-hydrogen) atoms. The molecule has 0 saturated carbocycles. The van der Waals surface area contributed by atoms with Crippen molar-refractivity contribution in [2.24, 2.45) is 0 Å². The Balaban J connectivity index is 2.67. The molecule has 0 aliphatic heterocycles. The Bertz CT molecular complexity index is 520. The average molecular weight is 317 g/mol. The van der Waals surface area contributed by atoms with E-state index >= 15 is 0 Å². The molecule has 0 aliphatic rings. The first-order chi connectivity index (χ1) is 9.42. The van der Waals surface area contributed by atoms with Crippen LogP contribution in [0.15, 0.2) is 30.9 Å². The molecule has 0 fully saturated rings. The highest BCUT2D eigenvalue weighted by Crippen LogP contribution is 2.25. The van der Waals surface area contributed by atoms with Gasteiger partial charge in [-0.3, -0.25) is 14.5 Å². The second kappa shape index (κ2) is 7.89. The molecule has 0 unspecified atom stereocenters. The number of rotatable bonds is 7. The minimum absolute atomic E-state index is 0.0822. The van der Waals surface area contributed by atoms with Crippen molar-refractivity contribution in [3.63, 3.8) is 0 Å². The fourth-order valence-corrected chi connectivity index (χ4v) is 1.88. The topological polar surface area (TPSA) is 69.6 Å². The van der Waals surface area contributed by atoms with Gasteiger partial charge in [-0.1, -0.05) is 29.3 Å². The van der Waals surface area contributed by atoms with E-state index in [0.717, 1.165) is 0 Å². The third kappa shape index (κ3) is 5.61. The Labute approximate surface area is 126 Å². The second-order valence-electron chi connectivity index (χ2n) is 4.02. The maximum Gasteiger partial charge on any atom is 0.317 e. The molecule has 0 bridgehead atoms. The summed E-state index contributed by atoms with van der Waals surface area (Å²) in [5, 5.41) is 12.1. The van der Waals surface area contributed by atoms with Crippen LogP contribution >= 0.6 is 23.2 Å². The van der Waals surface area contributed by atoms with Crippen LogP contribution in [0, 0.1) is 0 Å². The summed E-state index contributed by atoms with van der Waals surface area (Å²) in [6.45, 7) is 3.49. The van der Waals surface area contributed by atoms with Gasteiger partial charge in [0.15, 0.2) is 0 Å². The molecule has 7 heteroatoms. The molecule has 1 aromatic rings. The number of carboxylic acid groups (broad SMARTS) is 1. The molecular weight excluding hydrogens is 303 g/mol. The number of carbonyl (C=O) groups excluding carboxylic acids is 1. The highest BCUT2D eigenvalue weighted by atomic mass is 35.5. The number of nitrogens with zero attached hydrogens (tertiary/aromatic N) is 1. The van der Waals surface area contributed by atoms with Gasteiger partial charge >= 0.3 is 5.97 Å². The van der Waals surface area contributed by atoms with Gasteiger partial charge in [-0.05, 0) is 18.2 Å². The van der Waals surface area contributed by atoms with E-state index < -0.39 is 5.97 Å². The smallest absolute Gasteiger partial charge is 0.317 e. The van der Waals surface area contributed by atoms with Crippen molar-refractivity contribution in [1.82, 2.24) is 4.90 Å². The van der Waals surface area contributed by atoms with Gasteiger partial charge in [0.25, 0.3) is 0 Å². The summed E-state index contributed by atoms with van der Waals surface area (Å²) in [5.41, 5.74) is 0.387. The van der Waals surface area contributed by atoms with Gasteiger partial charge in [0.1, 0.15) is 0 Å². The number of hydrogen-bond donors (Lipinski definition) is 2. The number of carboxylic acids is 1. The number of aliphatic carboxylic acids is 1. The fraction of sp³-hybridized carbons (Fsp3) is 0.231. The molecule has 2 N–H and O–H groups in total. The average Bonchev–Trinajstić information content (AvgIpc) is 2.33. The highest BCUT2D eigenvalue weighted by molar-refractivity contribution is 6.35. The molecule has 0 radical (unpaired) electrons. The van der Waals surface area contributed by atoms with Gasteiger partial charge in [0.05, 0.1) is 23.8 Å². The van der Waals surface area contributed by atoms with Crippen molar-refractivity contribution >= 4 is 40.8 Å². The normalized spacial score (nSPS) is 10.3. The number of halogens is 2. The highest BCUT2D eigenvalue weighted by Gasteiger charge is 2.14. The van der Waals surface area contributed by atoms with Crippen LogP contribution < -0.4 is 5.32 Å². The van der Waals surface area contributed by atoms with Gasteiger partial charge in [0.2, 0.25) is 5.91 Å². The Morgan fingerprint density at radius 1 is 1.35 bits per heavy atom. The molecule has 0 spiro atoms. The van der Waals surface area contributed by atoms with Gasteiger partial charge in [-0.2, -0.15) is 0 Å². The van der Waals surface area contributed by atoms with E-state index in [9.17, 15) is 9.59 Å². The summed E-state index contributed by atoms with van der Waals surface area (Å²) in [4.78, 5) is 24.0. The zero-order chi connectivity index (χ0) is 15.1.